The molecule has 0 N–H and O–H groups in total. The number of rotatable bonds is 16. The van der Waals surface area contributed by atoms with Gasteiger partial charge in [0.15, 0.2) is 5.43 Å². The molecule has 8 heteroatoms. The van der Waals surface area contributed by atoms with Crippen LogP contribution in [0, 0.1) is 5.82 Å². The van der Waals surface area contributed by atoms with Crippen molar-refractivity contribution in [2.24, 2.45) is 0 Å². The fraction of sp³-hybridized carbons (Fsp3) is 0.452. The minimum absolute atomic E-state index is 0.000493. The van der Waals surface area contributed by atoms with E-state index in [0.717, 1.165) is 32.1 Å². The Bertz CT molecular complexity index is 1260. The van der Waals surface area contributed by atoms with Crippen molar-refractivity contribution >= 4 is 22.8 Å². The van der Waals surface area contributed by atoms with Gasteiger partial charge in [0.25, 0.3) is 0 Å². The summed E-state index contributed by atoms with van der Waals surface area (Å²) >= 11 is 0. The number of fused-ring (bicyclic) bond motifs is 1. The van der Waals surface area contributed by atoms with E-state index in [4.69, 9.17) is 9.15 Å². The van der Waals surface area contributed by atoms with Gasteiger partial charge in [0.05, 0.1) is 30.3 Å². The largest absolute Gasteiger partial charge is 0.464 e. The maximum absolute atomic E-state index is 13.7. The van der Waals surface area contributed by atoms with Gasteiger partial charge in [0, 0.05) is 33.2 Å². The third kappa shape index (κ3) is 9.32. The van der Waals surface area contributed by atoms with Crippen LogP contribution >= 0.6 is 0 Å². The lowest BCUT2D eigenvalue weighted by Gasteiger charge is -2.28. The molecule has 210 valence electrons. The molecule has 0 atom stereocenters. The summed E-state index contributed by atoms with van der Waals surface area (Å²) in [5.41, 5.74) is 1.30. The lowest BCUT2D eigenvalue weighted by Crippen LogP contribution is -2.43. The molecule has 39 heavy (non-hydrogen) atoms. The first-order valence-electron chi connectivity index (χ1n) is 13.7. The number of halogens is 1. The number of nitrogens with zero attached hydrogens (tertiary/aromatic N) is 2. The Kier molecular flexibility index (Phi) is 12.2. The number of amides is 2. The van der Waals surface area contributed by atoms with E-state index in [1.165, 1.54) is 23.3 Å². The van der Waals surface area contributed by atoms with Gasteiger partial charge in [-0.3, -0.25) is 14.4 Å². The number of ether oxygens (including phenoxy) is 1. The van der Waals surface area contributed by atoms with Crippen LogP contribution in [0.25, 0.3) is 11.0 Å². The summed E-state index contributed by atoms with van der Waals surface area (Å²) in [6.07, 6.45) is 7.50. The molecule has 0 saturated heterocycles. The third-order valence-corrected chi connectivity index (χ3v) is 6.70. The number of hydrogen-bond donors (Lipinski definition) is 0. The molecule has 0 aliphatic heterocycles. The molecule has 2 aromatic carbocycles. The van der Waals surface area contributed by atoms with Crippen LogP contribution in [-0.2, 0) is 27.4 Å². The Morgan fingerprint density at radius 3 is 2.38 bits per heavy atom. The van der Waals surface area contributed by atoms with Gasteiger partial charge in [0.2, 0.25) is 11.8 Å². The van der Waals surface area contributed by atoms with Crippen molar-refractivity contribution in [1.29, 1.82) is 0 Å². The van der Waals surface area contributed by atoms with Gasteiger partial charge in [-0.1, -0.05) is 56.9 Å². The average molecular weight is 539 g/mol. The van der Waals surface area contributed by atoms with Crippen molar-refractivity contribution < 1.29 is 23.1 Å². The van der Waals surface area contributed by atoms with Crippen molar-refractivity contribution in [2.75, 3.05) is 26.8 Å². The Balaban J connectivity index is 1.80. The summed E-state index contributed by atoms with van der Waals surface area (Å²) in [6, 6.07) is 12.8. The second kappa shape index (κ2) is 15.8. The first-order chi connectivity index (χ1) is 18.9. The smallest absolute Gasteiger partial charge is 0.242 e. The van der Waals surface area contributed by atoms with Gasteiger partial charge in [0.1, 0.15) is 11.4 Å². The average Bonchev–Trinajstić information content (AvgIpc) is 2.94. The molecule has 0 unspecified atom stereocenters. The second-order valence-corrected chi connectivity index (χ2v) is 9.79. The quantitative estimate of drug-likeness (QED) is 0.219. The lowest BCUT2D eigenvalue weighted by atomic mass is 10.1. The van der Waals surface area contributed by atoms with Crippen LogP contribution in [0.4, 0.5) is 4.39 Å². The maximum Gasteiger partial charge on any atom is 0.242 e. The van der Waals surface area contributed by atoms with E-state index in [0.29, 0.717) is 48.1 Å². The van der Waals surface area contributed by atoms with E-state index in [-0.39, 0.29) is 42.7 Å². The van der Waals surface area contributed by atoms with Crippen molar-refractivity contribution in [3.63, 3.8) is 0 Å². The number of benzene rings is 2. The monoisotopic (exact) mass is 538 g/mol. The van der Waals surface area contributed by atoms with Crippen molar-refractivity contribution in [3.8, 4) is 0 Å². The number of carbonyl (C=O) groups excluding carboxylic acids is 2. The molecular weight excluding hydrogens is 499 g/mol. The van der Waals surface area contributed by atoms with Gasteiger partial charge in [-0.15, -0.1) is 0 Å². The topological polar surface area (TPSA) is 80.1 Å². The molecule has 3 rings (SSSR count). The fourth-order valence-electron chi connectivity index (χ4n) is 4.47. The van der Waals surface area contributed by atoms with Crippen LogP contribution in [0.1, 0.15) is 63.0 Å². The molecule has 3 aromatic rings. The van der Waals surface area contributed by atoms with E-state index < -0.39 is 0 Å². The highest BCUT2D eigenvalue weighted by atomic mass is 19.1. The van der Waals surface area contributed by atoms with E-state index in [2.05, 4.69) is 6.92 Å². The van der Waals surface area contributed by atoms with Crippen molar-refractivity contribution in [1.82, 2.24) is 9.80 Å². The Morgan fingerprint density at radius 1 is 0.897 bits per heavy atom. The number of methoxy groups -OCH3 is 1. The Morgan fingerprint density at radius 2 is 1.64 bits per heavy atom. The normalized spacial score (nSPS) is 11.1. The van der Waals surface area contributed by atoms with Crippen molar-refractivity contribution in [3.05, 3.63) is 82.0 Å². The van der Waals surface area contributed by atoms with E-state index in [9.17, 15) is 18.8 Å². The summed E-state index contributed by atoms with van der Waals surface area (Å²) in [5, 5.41) is 0.434. The summed E-state index contributed by atoms with van der Waals surface area (Å²) in [6.45, 7) is 3.07. The zero-order valence-electron chi connectivity index (χ0n) is 23.0. The molecule has 0 saturated carbocycles. The summed E-state index contributed by atoms with van der Waals surface area (Å²) in [4.78, 5) is 43.0. The number of unbranched alkanes of at least 4 members (excludes halogenated alkanes) is 4. The first kappa shape index (κ1) is 30.0. The molecule has 0 bridgehead atoms. The van der Waals surface area contributed by atoms with Gasteiger partial charge < -0.3 is 19.0 Å². The summed E-state index contributed by atoms with van der Waals surface area (Å²) < 4.78 is 24.3. The van der Waals surface area contributed by atoms with Crippen LogP contribution in [0.2, 0.25) is 0 Å². The molecule has 0 aliphatic rings. The minimum atomic E-state index is -0.374. The molecule has 1 heterocycles. The maximum atomic E-state index is 13.7. The lowest BCUT2D eigenvalue weighted by molar-refractivity contribution is -0.141. The predicted octanol–water partition coefficient (Wildman–Crippen LogP) is 5.69. The summed E-state index contributed by atoms with van der Waals surface area (Å²) in [5.74, 6) is -0.743. The third-order valence-electron chi connectivity index (χ3n) is 6.70. The van der Waals surface area contributed by atoms with Gasteiger partial charge in [-0.05, 0) is 42.7 Å². The molecule has 0 fully saturated rings. The van der Waals surface area contributed by atoms with Crippen LogP contribution in [0.5, 0.6) is 0 Å². The van der Waals surface area contributed by atoms with Crippen LogP contribution in [0.3, 0.4) is 0 Å². The first-order valence-corrected chi connectivity index (χ1v) is 13.7. The molecule has 0 radical (unpaired) electrons. The predicted molar refractivity (Wildman–Crippen MR) is 150 cm³/mol. The number of carbonyl (C=O) groups is 2. The number of hydrogen-bond acceptors (Lipinski definition) is 5. The van der Waals surface area contributed by atoms with Crippen LogP contribution in [-0.4, -0.2) is 48.4 Å². The molecule has 7 nitrogen and oxygen atoms in total. The SMILES string of the molecule is CCCCCCCC(=O)N(CCCOC)CC(=O)N(Cc1ccc(F)cc1)Cc1coc2ccccc2c1=O. The number of para-hydroxylation sites is 1. The highest BCUT2D eigenvalue weighted by Crippen LogP contribution is 2.15. The minimum Gasteiger partial charge on any atom is -0.464 e. The van der Waals surface area contributed by atoms with Crippen LogP contribution < -0.4 is 5.43 Å². The van der Waals surface area contributed by atoms with E-state index in [1.54, 1.807) is 48.4 Å². The standard InChI is InChI=1S/C31H39FN2O5/c1-3-4-5-6-7-13-29(35)33(18-10-19-38-2)22-30(36)34(20-24-14-16-26(32)17-15-24)21-25-23-39-28-12-9-8-11-27(28)31(25)37/h8-9,11-12,14-17,23H,3-7,10,13,18-22H2,1-2H3. The highest BCUT2D eigenvalue weighted by molar-refractivity contribution is 5.85. The van der Waals surface area contributed by atoms with Crippen LogP contribution in [0.15, 0.2) is 64.0 Å². The molecule has 2 amide bonds. The second-order valence-electron chi connectivity index (χ2n) is 9.79. The molecular formula is C31H39FN2O5. The zero-order chi connectivity index (χ0) is 28.0. The Hall–Kier alpha value is -3.52. The molecule has 1 aromatic heterocycles. The zero-order valence-corrected chi connectivity index (χ0v) is 23.0. The molecule has 0 aliphatic carbocycles. The summed E-state index contributed by atoms with van der Waals surface area (Å²) in [7, 11) is 1.60. The van der Waals surface area contributed by atoms with Crippen molar-refractivity contribution in [2.45, 2.75) is 65.0 Å². The molecule has 0 spiro atoms. The van der Waals surface area contributed by atoms with Gasteiger partial charge >= 0.3 is 0 Å². The van der Waals surface area contributed by atoms with Gasteiger partial charge in [-0.2, -0.15) is 0 Å². The van der Waals surface area contributed by atoms with Gasteiger partial charge in [-0.25, -0.2) is 4.39 Å². The van der Waals surface area contributed by atoms with E-state index in [1.807, 2.05) is 0 Å². The highest BCUT2D eigenvalue weighted by Gasteiger charge is 2.23. The van der Waals surface area contributed by atoms with E-state index >= 15 is 0 Å². The fourth-order valence-corrected chi connectivity index (χ4v) is 4.47. The Labute approximate surface area is 229 Å².